The molecule has 3 N–H and O–H groups in total. The Kier molecular flexibility index (Phi) is 25.3. The second kappa shape index (κ2) is 33.2. The number of carbonyl (C=O) groups excluding carboxylic acids is 7. The van der Waals surface area contributed by atoms with Crippen LogP contribution in [-0.2, 0) is 35.3 Å². The fourth-order valence-corrected chi connectivity index (χ4v) is 14.0. The number of unbranched alkanes of at least 4 members (excludes halogenated alkanes) is 1. The molecule has 3 aromatic rings. The van der Waals surface area contributed by atoms with Crippen molar-refractivity contribution < 1.29 is 67.1 Å². The van der Waals surface area contributed by atoms with Gasteiger partial charge in [0.1, 0.15) is 12.3 Å². The molecule has 1 aliphatic carbocycles. The normalized spacial score (nSPS) is 20.5. The van der Waals surface area contributed by atoms with Crippen molar-refractivity contribution in [3.05, 3.63) is 89.0 Å². The van der Waals surface area contributed by atoms with Crippen molar-refractivity contribution in [3.8, 4) is 23.0 Å². The molecule has 5 aliphatic heterocycles. The average molecular weight is 1370 g/mol. The van der Waals surface area contributed by atoms with Crippen molar-refractivity contribution in [1.82, 2.24) is 20.0 Å². The number of nitrogens with zero attached hydrogens (tertiary/aromatic N) is 5. The molecule has 22 heteroatoms. The van der Waals surface area contributed by atoms with Gasteiger partial charge in [-0.1, -0.05) is 129 Å². The number of anilines is 2. The monoisotopic (exact) mass is 1360 g/mol. The number of imide groups is 1. The first-order valence-electron chi connectivity index (χ1n) is 35.9. The predicted molar refractivity (Wildman–Crippen MR) is 383 cm³/mol. The lowest BCUT2D eigenvalue weighted by Gasteiger charge is -2.32. The van der Waals surface area contributed by atoms with Crippen LogP contribution >= 0.6 is 0 Å². The summed E-state index contributed by atoms with van der Waals surface area (Å²) < 4.78 is 36.7. The van der Waals surface area contributed by atoms with Gasteiger partial charge in [-0.05, 0) is 125 Å². The first-order valence-corrected chi connectivity index (χ1v) is 35.9. The highest BCUT2D eigenvalue weighted by molar-refractivity contribution is 6.77. The smallest absolute Gasteiger partial charge is 0.416 e. The van der Waals surface area contributed by atoms with Gasteiger partial charge in [0.25, 0.3) is 11.8 Å². The lowest BCUT2D eigenvalue weighted by molar-refractivity contribution is -0.140. The van der Waals surface area contributed by atoms with Gasteiger partial charge in [0.05, 0.1) is 73.5 Å². The highest BCUT2D eigenvalue weighted by Gasteiger charge is 2.47. The number of likely N-dealkylation sites (tertiary alicyclic amines) is 1. The third-order valence-electron chi connectivity index (χ3n) is 20.8. The molecule has 1 unspecified atom stereocenters. The summed E-state index contributed by atoms with van der Waals surface area (Å²) in [6, 6.07) is 12.8. The number of nitrogens with one attached hydrogen (secondary N) is 2. The highest BCUT2D eigenvalue weighted by atomic mass is 16.6. The Morgan fingerprint density at radius 1 is 0.747 bits per heavy atom. The number of rotatable bonds is 31. The number of methoxy groups -OCH3 is 2. The van der Waals surface area contributed by atoms with Gasteiger partial charge >= 0.3 is 13.5 Å². The number of aliphatic hydroxyl groups excluding tert-OH is 1. The number of allylic oxidation sites excluding steroid dienone is 1. The van der Waals surface area contributed by atoms with Crippen LogP contribution < -0.4 is 34.4 Å². The van der Waals surface area contributed by atoms with Crippen LogP contribution in [0.2, 0.25) is 0 Å². The van der Waals surface area contributed by atoms with E-state index in [1.807, 2.05) is 38.8 Å². The molecule has 0 aromatic heterocycles. The van der Waals surface area contributed by atoms with Crippen LogP contribution in [0.1, 0.15) is 211 Å². The highest BCUT2D eigenvalue weighted by Crippen LogP contribution is 2.45. The number of aliphatic hydroxyl groups is 1. The molecule has 0 bridgehead atoms. The van der Waals surface area contributed by atoms with Gasteiger partial charge in [0, 0.05) is 75.1 Å². The van der Waals surface area contributed by atoms with E-state index in [4.69, 9.17) is 33.4 Å². The molecular formula is C77H107BN7O14. The van der Waals surface area contributed by atoms with Crippen LogP contribution in [0.25, 0.3) is 0 Å². The van der Waals surface area contributed by atoms with E-state index in [0.717, 1.165) is 68.3 Å². The molecule has 4 atom stereocenters. The van der Waals surface area contributed by atoms with E-state index in [-0.39, 0.29) is 126 Å². The van der Waals surface area contributed by atoms with E-state index in [0.29, 0.717) is 79.6 Å². The largest absolute Gasteiger partial charge is 0.493 e. The Balaban J connectivity index is 0.727. The Labute approximate surface area is 586 Å². The Hall–Kier alpha value is -7.72. The standard InChI is InChI=1S/C77H107BN7O14/c1-13-14-21-52-39-55-45-80-59-43-64(62(94-11)40-57(59)69(89)83(55)47-52)98-49-75(5,6)30-29-74(3,4)32-36-96-65-44-60-58(41-63(65)95-12)70(90)84-46-50(2)38-61(84)71(91)85(60)73(93)97-48-51-24-26-54(27-25-51)81-78-72(92)76(7,8)33-37-99-77(9,10)31-34-79-66(86)28-35-82-67(87)42-56(68(82)88)53-22-19-17-15-16-18-20-23-53/h21,24-27,40-41,43-45,53,55-56,61,71,81,91H,2,13-20,22-23,28-39,42,46-49H2,1,3-12H3,(H,79,86)/b52-21+/t55-,56?,61-,71-/m0/s1. The molecule has 6 amide bonds. The van der Waals surface area contributed by atoms with Gasteiger partial charge in [-0.2, -0.15) is 0 Å². The fraction of sp³-hybridized carbons (Fsp3) is 0.610. The second-order valence-electron chi connectivity index (χ2n) is 30.8. The number of hydrogen-bond acceptors (Lipinski definition) is 16. The summed E-state index contributed by atoms with van der Waals surface area (Å²) in [7, 11) is 4.48. The number of benzene rings is 3. The van der Waals surface area contributed by atoms with Crippen LogP contribution in [0.3, 0.4) is 0 Å². The Morgan fingerprint density at radius 3 is 2.11 bits per heavy atom. The average Bonchev–Trinajstić information content (AvgIpc) is 1.63. The van der Waals surface area contributed by atoms with Crippen molar-refractivity contribution in [2.24, 2.45) is 33.1 Å². The lowest BCUT2D eigenvalue weighted by Crippen LogP contribution is -2.50. The maximum absolute atomic E-state index is 14.4. The van der Waals surface area contributed by atoms with Gasteiger partial charge in [0.15, 0.2) is 29.2 Å². The van der Waals surface area contributed by atoms with Crippen molar-refractivity contribution in [2.75, 3.05) is 70.3 Å². The summed E-state index contributed by atoms with van der Waals surface area (Å²) in [5.41, 5.74) is 2.54. The van der Waals surface area contributed by atoms with Crippen molar-refractivity contribution in [3.63, 3.8) is 0 Å². The zero-order valence-electron chi connectivity index (χ0n) is 60.5. The zero-order valence-corrected chi connectivity index (χ0v) is 60.5. The zero-order chi connectivity index (χ0) is 71.4. The van der Waals surface area contributed by atoms with Crippen LogP contribution in [0.4, 0.5) is 21.9 Å². The number of hydrogen-bond donors (Lipinski definition) is 3. The predicted octanol–water partition coefficient (Wildman–Crippen LogP) is 13.1. The molecule has 0 spiro atoms. The molecule has 3 aromatic carbocycles. The summed E-state index contributed by atoms with van der Waals surface area (Å²) in [6.07, 6.45) is 17.3. The first kappa shape index (κ1) is 75.5. The molecule has 3 saturated heterocycles. The topological polar surface area (TPSA) is 244 Å². The third-order valence-corrected chi connectivity index (χ3v) is 20.8. The molecule has 99 heavy (non-hydrogen) atoms. The van der Waals surface area contributed by atoms with E-state index < -0.39 is 35.3 Å². The van der Waals surface area contributed by atoms with E-state index in [9.17, 15) is 38.7 Å². The molecule has 21 nitrogen and oxygen atoms in total. The minimum atomic E-state index is -1.50. The van der Waals surface area contributed by atoms with Crippen molar-refractivity contribution in [2.45, 2.75) is 215 Å². The molecule has 1 radical (unpaired) electrons. The van der Waals surface area contributed by atoms with Gasteiger partial charge in [-0.25, -0.2) is 9.69 Å². The summed E-state index contributed by atoms with van der Waals surface area (Å²) in [4.78, 5) is 106. The molecule has 9 rings (SSSR count). The minimum Gasteiger partial charge on any atom is -0.493 e. The molecule has 537 valence electrons. The number of ether oxygens (including phenoxy) is 6. The van der Waals surface area contributed by atoms with Crippen LogP contribution in [0.15, 0.2) is 77.3 Å². The van der Waals surface area contributed by atoms with E-state index in [1.165, 1.54) is 55.6 Å². The molecular weight excluding hydrogens is 1260 g/mol. The molecule has 5 heterocycles. The summed E-state index contributed by atoms with van der Waals surface area (Å²) in [6.45, 7) is 24.5. The van der Waals surface area contributed by atoms with E-state index in [1.54, 1.807) is 55.6 Å². The number of aliphatic imine (C=N–C) groups is 1. The first-order chi connectivity index (χ1) is 47.1. The molecule has 1 saturated carbocycles. The Morgan fingerprint density at radius 2 is 1.41 bits per heavy atom. The molecule has 4 fully saturated rings. The SMILES string of the molecule is C=C1C[C@H]2[C@H](O)N(C(=O)OCc3ccc(N[B]C(=O)C(C)(C)CCOC(C)(C)CCNC(=O)CCN4C(=O)CC(C5CCCCCCCC5)C4=O)cc3)c3cc(OCCC(C)(C)CCC(C)(C)COc4cc5c(cc4OC)C(=O)N4C/C(=C/CCC)C[C@H]4C=N5)c(OC)cc3C(=O)N2C1. The number of amides is 6. The van der Waals surface area contributed by atoms with Crippen molar-refractivity contribution in [1.29, 1.82) is 0 Å². The number of carbonyl (C=O) groups is 7. The van der Waals surface area contributed by atoms with Gasteiger partial charge in [-0.3, -0.25) is 33.9 Å². The lowest BCUT2D eigenvalue weighted by atomic mass is 9.69. The summed E-state index contributed by atoms with van der Waals surface area (Å²) >= 11 is 0. The van der Waals surface area contributed by atoms with Gasteiger partial charge < -0.3 is 58.7 Å². The van der Waals surface area contributed by atoms with E-state index in [2.05, 4.69) is 57.8 Å². The summed E-state index contributed by atoms with van der Waals surface area (Å²) in [5, 5.41) is 18.1. The quantitative estimate of drug-likeness (QED) is 0.0308. The van der Waals surface area contributed by atoms with E-state index >= 15 is 0 Å². The summed E-state index contributed by atoms with van der Waals surface area (Å²) in [5.74, 6) is 0.532. The van der Waals surface area contributed by atoms with Crippen LogP contribution in [0.5, 0.6) is 23.0 Å². The van der Waals surface area contributed by atoms with Crippen LogP contribution in [0, 0.1) is 28.1 Å². The maximum atomic E-state index is 14.4. The van der Waals surface area contributed by atoms with Crippen LogP contribution in [-0.4, -0.2) is 159 Å². The second-order valence-corrected chi connectivity index (χ2v) is 30.8. The maximum Gasteiger partial charge on any atom is 0.416 e. The molecule has 6 aliphatic rings. The third kappa shape index (κ3) is 19.4. The van der Waals surface area contributed by atoms with Gasteiger partial charge in [0.2, 0.25) is 17.7 Å². The van der Waals surface area contributed by atoms with Crippen molar-refractivity contribution >= 4 is 72.0 Å². The minimum absolute atomic E-state index is 0.0498. The Bertz CT molecular complexity index is 3480. The van der Waals surface area contributed by atoms with Gasteiger partial charge in [-0.15, -0.1) is 0 Å². The fourth-order valence-electron chi connectivity index (χ4n) is 14.0. The number of fused-ring (bicyclic) bond motifs is 4.